The third-order valence-electron chi connectivity index (χ3n) is 4.03. The lowest BCUT2D eigenvalue weighted by molar-refractivity contribution is -0.137. The molecule has 0 bridgehead atoms. The molecule has 1 heterocycles. The van der Waals surface area contributed by atoms with Crippen LogP contribution in [0.2, 0.25) is 0 Å². The number of nitrogens with one attached hydrogen (secondary N) is 1. The van der Waals surface area contributed by atoms with Gasteiger partial charge < -0.3 is 15.2 Å². The minimum Gasteiger partial charge on any atom is -0.488 e. The summed E-state index contributed by atoms with van der Waals surface area (Å²) in [5, 5.41) is 14.1. The predicted molar refractivity (Wildman–Crippen MR) is 79.1 cm³/mol. The predicted octanol–water partition coefficient (Wildman–Crippen LogP) is 3.05. The van der Waals surface area contributed by atoms with Gasteiger partial charge in [0, 0.05) is 12.1 Å². The topological polar surface area (TPSA) is 41.5 Å². The first-order chi connectivity index (χ1) is 10.9. The van der Waals surface area contributed by atoms with Gasteiger partial charge in [0.1, 0.15) is 18.0 Å². The van der Waals surface area contributed by atoms with E-state index in [0.717, 1.165) is 12.1 Å². The number of para-hydroxylation sites is 1. The Kier molecular flexibility index (Phi) is 3.82. The molecule has 0 aliphatic carbocycles. The average Bonchev–Trinajstić information content (AvgIpc) is 2.63. The van der Waals surface area contributed by atoms with Gasteiger partial charge in [0.05, 0.1) is 5.56 Å². The second-order valence-electron chi connectivity index (χ2n) is 5.55. The lowest BCUT2D eigenvalue weighted by Crippen LogP contribution is -2.38. The lowest BCUT2D eigenvalue weighted by atomic mass is 9.83. The van der Waals surface area contributed by atoms with Gasteiger partial charge in [-0.2, -0.15) is 13.2 Å². The molecule has 6 heteroatoms. The molecule has 0 aromatic heterocycles. The Labute approximate surface area is 131 Å². The van der Waals surface area contributed by atoms with Crippen molar-refractivity contribution in [2.45, 2.75) is 18.4 Å². The molecule has 2 N–H and O–H groups in total. The van der Waals surface area contributed by atoms with Crippen molar-refractivity contribution in [3.8, 4) is 5.75 Å². The van der Waals surface area contributed by atoms with Crippen LogP contribution in [-0.4, -0.2) is 18.7 Å². The van der Waals surface area contributed by atoms with Crippen molar-refractivity contribution >= 4 is 0 Å². The van der Waals surface area contributed by atoms with Gasteiger partial charge in [-0.1, -0.05) is 24.3 Å². The van der Waals surface area contributed by atoms with Crippen LogP contribution in [0.3, 0.4) is 0 Å². The van der Waals surface area contributed by atoms with Gasteiger partial charge >= 0.3 is 6.18 Å². The first-order valence-corrected chi connectivity index (χ1v) is 7.16. The molecule has 2 aromatic carbocycles. The highest BCUT2D eigenvalue weighted by Gasteiger charge is 2.39. The molecular formula is C17H16F3NO2. The molecule has 0 spiro atoms. The largest absolute Gasteiger partial charge is 0.488 e. The summed E-state index contributed by atoms with van der Waals surface area (Å²) in [4.78, 5) is 0. The van der Waals surface area contributed by atoms with Crippen molar-refractivity contribution in [3.05, 3.63) is 64.7 Å². The Balaban J connectivity index is 2.20. The monoisotopic (exact) mass is 323 g/mol. The minimum absolute atomic E-state index is 0.0255. The summed E-state index contributed by atoms with van der Waals surface area (Å²) < 4.78 is 44.5. The maximum atomic E-state index is 12.9. The van der Waals surface area contributed by atoms with E-state index in [2.05, 4.69) is 5.32 Å². The standard InChI is InChI=1S/C17H16F3NO2/c1-21-10-16(22)13-7-6-12(17(18,19)20)8-11(13)9-23-15-5-3-2-4-14(15)16/h2-8,21-22H,9-10H2,1H3. The van der Waals surface area contributed by atoms with E-state index in [1.54, 1.807) is 31.3 Å². The Hall–Kier alpha value is -2.05. The molecule has 2 aromatic rings. The molecule has 122 valence electrons. The fraction of sp³-hybridized carbons (Fsp3) is 0.294. The van der Waals surface area contributed by atoms with Crippen molar-refractivity contribution in [1.82, 2.24) is 5.32 Å². The molecular weight excluding hydrogens is 307 g/mol. The van der Waals surface area contributed by atoms with Gasteiger partial charge in [0.2, 0.25) is 0 Å². The van der Waals surface area contributed by atoms with Gasteiger partial charge in [0.15, 0.2) is 0 Å². The maximum Gasteiger partial charge on any atom is 0.416 e. The van der Waals surface area contributed by atoms with Crippen LogP contribution in [0.5, 0.6) is 5.75 Å². The van der Waals surface area contributed by atoms with E-state index in [1.165, 1.54) is 6.07 Å². The number of hydrogen-bond acceptors (Lipinski definition) is 3. The summed E-state index contributed by atoms with van der Waals surface area (Å²) in [5.41, 5.74) is -0.926. The van der Waals surface area contributed by atoms with E-state index in [9.17, 15) is 18.3 Å². The van der Waals surface area contributed by atoms with Crippen LogP contribution in [-0.2, 0) is 18.4 Å². The fourth-order valence-corrected chi connectivity index (χ4v) is 2.97. The number of aliphatic hydroxyl groups is 1. The smallest absolute Gasteiger partial charge is 0.416 e. The summed E-state index contributed by atoms with van der Waals surface area (Å²) in [7, 11) is 1.68. The van der Waals surface area contributed by atoms with Crippen molar-refractivity contribution < 1.29 is 23.0 Å². The first-order valence-electron chi connectivity index (χ1n) is 7.16. The summed E-state index contributed by atoms with van der Waals surface area (Å²) in [6, 6.07) is 10.3. The van der Waals surface area contributed by atoms with E-state index in [1.807, 2.05) is 0 Å². The molecule has 1 aliphatic rings. The number of fused-ring (bicyclic) bond motifs is 2. The van der Waals surface area contributed by atoms with Gasteiger partial charge in [-0.25, -0.2) is 0 Å². The maximum absolute atomic E-state index is 12.9. The Bertz CT molecular complexity index is 730. The first kappa shape index (κ1) is 15.8. The number of rotatable bonds is 2. The van der Waals surface area contributed by atoms with Crippen LogP contribution in [0.15, 0.2) is 42.5 Å². The number of halogens is 3. The number of likely N-dealkylation sites (N-methyl/N-ethyl adjacent to an activating group) is 1. The number of hydrogen-bond donors (Lipinski definition) is 2. The van der Waals surface area contributed by atoms with Gasteiger partial charge in [0.25, 0.3) is 0 Å². The SMILES string of the molecule is CNCC1(O)c2ccc(C(F)(F)F)cc2COc2ccccc21. The molecule has 3 nitrogen and oxygen atoms in total. The number of ether oxygens (including phenoxy) is 1. The highest BCUT2D eigenvalue weighted by Crippen LogP contribution is 2.41. The summed E-state index contributed by atoms with van der Waals surface area (Å²) in [6.07, 6.45) is -4.44. The molecule has 1 aliphatic heterocycles. The lowest BCUT2D eigenvalue weighted by Gasteiger charge is -2.30. The van der Waals surface area contributed by atoms with E-state index in [-0.39, 0.29) is 13.2 Å². The molecule has 0 fully saturated rings. The Morgan fingerprint density at radius 1 is 1.17 bits per heavy atom. The van der Waals surface area contributed by atoms with Gasteiger partial charge in [-0.05, 0) is 36.4 Å². The number of alkyl halides is 3. The van der Waals surface area contributed by atoms with Crippen molar-refractivity contribution in [1.29, 1.82) is 0 Å². The number of benzene rings is 2. The third kappa shape index (κ3) is 2.68. The van der Waals surface area contributed by atoms with Gasteiger partial charge in [-0.3, -0.25) is 0 Å². The molecule has 3 rings (SSSR count). The minimum atomic E-state index is -4.44. The van der Waals surface area contributed by atoms with Crippen LogP contribution in [0, 0.1) is 0 Å². The zero-order valence-electron chi connectivity index (χ0n) is 12.4. The third-order valence-corrected chi connectivity index (χ3v) is 4.03. The van der Waals surface area contributed by atoms with Crippen LogP contribution in [0.4, 0.5) is 13.2 Å². The average molecular weight is 323 g/mol. The quantitative estimate of drug-likeness (QED) is 0.892. The van der Waals surface area contributed by atoms with E-state index >= 15 is 0 Å². The normalized spacial score (nSPS) is 20.2. The fourth-order valence-electron chi connectivity index (χ4n) is 2.97. The summed E-state index contributed by atoms with van der Waals surface area (Å²) >= 11 is 0. The molecule has 1 unspecified atom stereocenters. The van der Waals surface area contributed by atoms with Crippen molar-refractivity contribution in [3.63, 3.8) is 0 Å². The molecule has 0 radical (unpaired) electrons. The van der Waals surface area contributed by atoms with Crippen LogP contribution >= 0.6 is 0 Å². The molecule has 1 atom stereocenters. The highest BCUT2D eigenvalue weighted by molar-refractivity contribution is 5.50. The molecule has 23 heavy (non-hydrogen) atoms. The van der Waals surface area contributed by atoms with Crippen LogP contribution in [0.1, 0.15) is 22.3 Å². The summed E-state index contributed by atoms with van der Waals surface area (Å²) in [5.74, 6) is 0.468. The molecule has 0 saturated heterocycles. The highest BCUT2D eigenvalue weighted by atomic mass is 19.4. The van der Waals surface area contributed by atoms with Crippen LogP contribution in [0.25, 0.3) is 0 Å². The van der Waals surface area contributed by atoms with E-state index in [0.29, 0.717) is 22.4 Å². The van der Waals surface area contributed by atoms with E-state index < -0.39 is 17.3 Å². The Morgan fingerprint density at radius 3 is 2.61 bits per heavy atom. The summed E-state index contributed by atoms with van der Waals surface area (Å²) in [6.45, 7) is 0.133. The van der Waals surface area contributed by atoms with Crippen LogP contribution < -0.4 is 10.1 Å². The second-order valence-corrected chi connectivity index (χ2v) is 5.55. The van der Waals surface area contributed by atoms with E-state index in [4.69, 9.17) is 4.74 Å². The Morgan fingerprint density at radius 2 is 1.91 bits per heavy atom. The zero-order valence-corrected chi connectivity index (χ0v) is 12.4. The van der Waals surface area contributed by atoms with Crippen molar-refractivity contribution in [2.24, 2.45) is 0 Å². The second kappa shape index (κ2) is 5.54. The van der Waals surface area contributed by atoms with Crippen molar-refractivity contribution in [2.75, 3.05) is 13.6 Å². The molecule has 0 amide bonds. The molecule has 0 saturated carbocycles. The van der Waals surface area contributed by atoms with Gasteiger partial charge in [-0.15, -0.1) is 0 Å². The zero-order chi connectivity index (χ0) is 16.7.